The second-order valence-electron chi connectivity index (χ2n) is 6.73. The summed E-state index contributed by atoms with van der Waals surface area (Å²) in [5, 5.41) is 9.61. The summed E-state index contributed by atoms with van der Waals surface area (Å²) < 4.78 is 5.58. The molecule has 4 nitrogen and oxygen atoms in total. The van der Waals surface area contributed by atoms with Crippen LogP contribution in [-0.2, 0) is 9.53 Å². The van der Waals surface area contributed by atoms with Crippen LogP contribution in [0, 0.1) is 11.8 Å². The molecule has 4 atom stereocenters. The lowest BCUT2D eigenvalue weighted by Crippen LogP contribution is -2.35. The van der Waals surface area contributed by atoms with Gasteiger partial charge in [-0.3, -0.25) is 4.79 Å². The molecule has 1 aliphatic carbocycles. The normalized spacial score (nSPS) is 26.1. The highest BCUT2D eigenvalue weighted by atomic mass is 16.5. The highest BCUT2D eigenvalue weighted by molar-refractivity contribution is 5.75. The molecule has 0 aromatic heterocycles. The first kappa shape index (κ1) is 17.0. The van der Waals surface area contributed by atoms with Gasteiger partial charge in [0.05, 0.1) is 0 Å². The van der Waals surface area contributed by atoms with Crippen LogP contribution in [0.25, 0.3) is 0 Å². The van der Waals surface area contributed by atoms with E-state index in [1.54, 1.807) is 0 Å². The zero-order valence-corrected chi connectivity index (χ0v) is 13.4. The van der Waals surface area contributed by atoms with Crippen molar-refractivity contribution in [2.24, 2.45) is 17.6 Å². The van der Waals surface area contributed by atoms with Crippen molar-refractivity contribution in [1.82, 2.24) is 0 Å². The van der Waals surface area contributed by atoms with Crippen LogP contribution in [0.1, 0.15) is 44.6 Å². The van der Waals surface area contributed by atoms with Crippen molar-refractivity contribution < 1.29 is 14.6 Å². The SMILES string of the molecule is CC(C)C[C@@H](N)C(=O)O[C@@H]1C[C@H](CO)[C@@H](c2ccccc2)C1. The Hall–Kier alpha value is -1.39. The van der Waals surface area contributed by atoms with Crippen molar-refractivity contribution in [3.05, 3.63) is 35.9 Å². The molecule has 0 bridgehead atoms. The Morgan fingerprint density at radius 1 is 1.32 bits per heavy atom. The van der Waals surface area contributed by atoms with Gasteiger partial charge in [-0.1, -0.05) is 44.2 Å². The Morgan fingerprint density at radius 3 is 2.59 bits per heavy atom. The first-order chi connectivity index (χ1) is 10.5. The van der Waals surface area contributed by atoms with Crippen LogP contribution < -0.4 is 5.73 Å². The maximum absolute atomic E-state index is 12.1. The molecular formula is C18H27NO3. The van der Waals surface area contributed by atoms with E-state index >= 15 is 0 Å². The minimum atomic E-state index is -0.552. The minimum Gasteiger partial charge on any atom is -0.461 e. The van der Waals surface area contributed by atoms with Crippen LogP contribution in [0.2, 0.25) is 0 Å². The standard InChI is InChI=1S/C18H27NO3/c1-12(2)8-17(19)18(21)22-15-9-14(11-20)16(10-15)13-6-4-3-5-7-13/h3-7,12,14-17,20H,8-11,19H2,1-2H3/t14-,15-,16-,17-/m1/s1. The molecule has 1 saturated carbocycles. The summed E-state index contributed by atoms with van der Waals surface area (Å²) in [7, 11) is 0. The summed E-state index contributed by atoms with van der Waals surface area (Å²) in [4.78, 5) is 12.1. The van der Waals surface area contributed by atoms with E-state index in [0.717, 1.165) is 6.42 Å². The molecule has 0 aliphatic heterocycles. The molecule has 1 aliphatic rings. The van der Waals surface area contributed by atoms with Crippen LogP contribution >= 0.6 is 0 Å². The van der Waals surface area contributed by atoms with E-state index in [-0.39, 0.29) is 30.5 Å². The van der Waals surface area contributed by atoms with E-state index in [4.69, 9.17) is 10.5 Å². The zero-order valence-electron chi connectivity index (χ0n) is 13.4. The maximum Gasteiger partial charge on any atom is 0.323 e. The summed E-state index contributed by atoms with van der Waals surface area (Å²) in [6, 6.07) is 9.57. The molecule has 0 heterocycles. The smallest absolute Gasteiger partial charge is 0.323 e. The van der Waals surface area contributed by atoms with Crippen LogP contribution in [-0.4, -0.2) is 29.8 Å². The summed E-state index contributed by atoms with van der Waals surface area (Å²) >= 11 is 0. The first-order valence-corrected chi connectivity index (χ1v) is 8.13. The average molecular weight is 305 g/mol. The number of aliphatic hydroxyl groups excluding tert-OH is 1. The lowest BCUT2D eigenvalue weighted by Gasteiger charge is -2.17. The number of hydrogen-bond acceptors (Lipinski definition) is 4. The largest absolute Gasteiger partial charge is 0.461 e. The number of carbonyl (C=O) groups is 1. The summed E-state index contributed by atoms with van der Waals surface area (Å²) in [5.74, 6) is 0.435. The lowest BCUT2D eigenvalue weighted by atomic mass is 9.89. The fraction of sp³-hybridized carbons (Fsp3) is 0.611. The number of carbonyl (C=O) groups excluding carboxylic acids is 1. The lowest BCUT2D eigenvalue weighted by molar-refractivity contribution is -0.151. The molecule has 0 spiro atoms. The van der Waals surface area contributed by atoms with Gasteiger partial charge >= 0.3 is 5.97 Å². The topological polar surface area (TPSA) is 72.6 Å². The number of benzene rings is 1. The third kappa shape index (κ3) is 4.31. The molecule has 122 valence electrons. The Balaban J connectivity index is 1.96. The van der Waals surface area contributed by atoms with Gasteiger partial charge in [-0.2, -0.15) is 0 Å². The molecule has 0 amide bonds. The molecule has 0 radical (unpaired) electrons. The maximum atomic E-state index is 12.1. The van der Waals surface area contributed by atoms with E-state index in [1.807, 2.05) is 32.0 Å². The Morgan fingerprint density at radius 2 is 2.00 bits per heavy atom. The first-order valence-electron chi connectivity index (χ1n) is 8.13. The predicted octanol–water partition coefficient (Wildman–Crippen LogP) is 2.46. The van der Waals surface area contributed by atoms with Crippen LogP contribution in [0.15, 0.2) is 30.3 Å². The van der Waals surface area contributed by atoms with Gasteiger partial charge in [-0.05, 0) is 42.6 Å². The Kier molecular flexibility index (Phi) is 5.98. The number of hydrogen-bond donors (Lipinski definition) is 2. The minimum absolute atomic E-state index is 0.117. The van der Waals surface area contributed by atoms with Crippen molar-refractivity contribution >= 4 is 5.97 Å². The van der Waals surface area contributed by atoms with Gasteiger partial charge in [-0.25, -0.2) is 0 Å². The van der Waals surface area contributed by atoms with Gasteiger partial charge in [0.25, 0.3) is 0 Å². The van der Waals surface area contributed by atoms with Crippen molar-refractivity contribution in [3.8, 4) is 0 Å². The highest BCUT2D eigenvalue weighted by Crippen LogP contribution is 2.40. The Bertz CT molecular complexity index is 474. The molecule has 1 aromatic rings. The van der Waals surface area contributed by atoms with E-state index in [1.165, 1.54) is 5.56 Å². The van der Waals surface area contributed by atoms with Gasteiger partial charge in [0, 0.05) is 6.61 Å². The zero-order chi connectivity index (χ0) is 16.1. The van der Waals surface area contributed by atoms with Gasteiger partial charge in [-0.15, -0.1) is 0 Å². The molecular weight excluding hydrogens is 278 g/mol. The molecule has 2 rings (SSSR count). The predicted molar refractivity (Wildman–Crippen MR) is 86.3 cm³/mol. The molecule has 0 saturated heterocycles. The van der Waals surface area contributed by atoms with Gasteiger partial charge in [0.1, 0.15) is 12.1 Å². The molecule has 0 unspecified atom stereocenters. The number of nitrogens with two attached hydrogens (primary N) is 1. The average Bonchev–Trinajstić information content (AvgIpc) is 2.90. The highest BCUT2D eigenvalue weighted by Gasteiger charge is 2.37. The molecule has 3 N–H and O–H groups in total. The molecule has 22 heavy (non-hydrogen) atoms. The van der Waals surface area contributed by atoms with Crippen LogP contribution in [0.4, 0.5) is 0 Å². The summed E-state index contributed by atoms with van der Waals surface area (Å²) in [6.07, 6.45) is 1.95. The van der Waals surface area contributed by atoms with E-state index in [2.05, 4.69) is 12.1 Å². The number of aliphatic hydroxyl groups is 1. The van der Waals surface area contributed by atoms with Crippen LogP contribution in [0.5, 0.6) is 0 Å². The van der Waals surface area contributed by atoms with Crippen molar-refractivity contribution in [2.45, 2.75) is 51.2 Å². The van der Waals surface area contributed by atoms with E-state index < -0.39 is 6.04 Å². The van der Waals surface area contributed by atoms with Gasteiger partial charge < -0.3 is 15.6 Å². The van der Waals surface area contributed by atoms with Gasteiger partial charge in [0.2, 0.25) is 0 Å². The molecule has 1 fully saturated rings. The van der Waals surface area contributed by atoms with Crippen LogP contribution in [0.3, 0.4) is 0 Å². The number of ether oxygens (including phenoxy) is 1. The number of esters is 1. The molecule has 4 heteroatoms. The quantitative estimate of drug-likeness (QED) is 0.792. The summed E-state index contributed by atoms with van der Waals surface area (Å²) in [6.45, 7) is 4.19. The van der Waals surface area contributed by atoms with Crippen molar-refractivity contribution in [2.75, 3.05) is 6.61 Å². The van der Waals surface area contributed by atoms with Crippen molar-refractivity contribution in [1.29, 1.82) is 0 Å². The fourth-order valence-electron chi connectivity index (χ4n) is 3.34. The summed E-state index contributed by atoms with van der Waals surface area (Å²) in [5.41, 5.74) is 7.09. The van der Waals surface area contributed by atoms with Crippen molar-refractivity contribution in [3.63, 3.8) is 0 Å². The second-order valence-corrected chi connectivity index (χ2v) is 6.73. The van der Waals surface area contributed by atoms with E-state index in [0.29, 0.717) is 18.8 Å². The van der Waals surface area contributed by atoms with E-state index in [9.17, 15) is 9.90 Å². The van der Waals surface area contributed by atoms with Gasteiger partial charge in [0.15, 0.2) is 0 Å². The fourth-order valence-corrected chi connectivity index (χ4v) is 3.34. The third-order valence-corrected chi connectivity index (χ3v) is 4.42. The monoisotopic (exact) mass is 305 g/mol. The third-order valence-electron chi connectivity index (χ3n) is 4.42. The second kappa shape index (κ2) is 7.75. The molecule has 1 aromatic carbocycles. The number of rotatable bonds is 6. The Labute approximate surface area is 132 Å².